The highest BCUT2D eigenvalue weighted by Crippen LogP contribution is 2.43. The second-order valence-electron chi connectivity index (χ2n) is 7.39. The van der Waals surface area contributed by atoms with Crippen LogP contribution in [0.2, 0.25) is 0 Å². The van der Waals surface area contributed by atoms with E-state index in [0.717, 1.165) is 0 Å². The smallest absolute Gasteiger partial charge is 0.295 e. The summed E-state index contributed by atoms with van der Waals surface area (Å²) < 4.78 is 26.9. The molecule has 9 nitrogen and oxygen atoms in total. The van der Waals surface area contributed by atoms with E-state index in [-0.39, 0.29) is 30.0 Å². The third-order valence-corrected chi connectivity index (χ3v) is 5.54. The molecule has 1 aliphatic rings. The number of nitrogens with zero attached hydrogens (tertiary/aromatic N) is 1. The first kappa shape index (κ1) is 24.9. The zero-order valence-electron chi connectivity index (χ0n) is 19.9. The minimum atomic E-state index is -0.879. The summed E-state index contributed by atoms with van der Waals surface area (Å²) in [5.41, 5.74) is 0.735. The van der Waals surface area contributed by atoms with Gasteiger partial charge in [-0.1, -0.05) is 6.07 Å². The van der Waals surface area contributed by atoms with Crippen molar-refractivity contribution >= 4 is 17.4 Å². The van der Waals surface area contributed by atoms with Gasteiger partial charge in [0.2, 0.25) is 0 Å². The van der Waals surface area contributed by atoms with Gasteiger partial charge in [0.15, 0.2) is 11.5 Å². The molecule has 1 N–H and O–H groups in total. The van der Waals surface area contributed by atoms with Crippen molar-refractivity contribution in [1.82, 2.24) is 4.90 Å². The molecule has 34 heavy (non-hydrogen) atoms. The van der Waals surface area contributed by atoms with Crippen LogP contribution in [0.5, 0.6) is 23.0 Å². The van der Waals surface area contributed by atoms with Gasteiger partial charge in [-0.2, -0.15) is 0 Å². The summed E-state index contributed by atoms with van der Waals surface area (Å²) in [5.74, 6) is -0.169. The highest BCUT2D eigenvalue weighted by Gasteiger charge is 2.46. The van der Waals surface area contributed by atoms with E-state index in [0.29, 0.717) is 35.2 Å². The first-order valence-electron chi connectivity index (χ1n) is 10.7. The average Bonchev–Trinajstić information content (AvgIpc) is 3.11. The highest BCUT2D eigenvalue weighted by atomic mass is 16.5. The number of amides is 1. The van der Waals surface area contributed by atoms with Crippen LogP contribution in [0.25, 0.3) is 5.76 Å². The first-order chi connectivity index (χ1) is 16.4. The lowest BCUT2D eigenvalue weighted by molar-refractivity contribution is -0.140. The maximum Gasteiger partial charge on any atom is 0.295 e. The molecule has 1 aliphatic heterocycles. The van der Waals surface area contributed by atoms with Crippen LogP contribution < -0.4 is 18.9 Å². The summed E-state index contributed by atoms with van der Waals surface area (Å²) in [6, 6.07) is 9.09. The summed E-state index contributed by atoms with van der Waals surface area (Å²) in [6.07, 6.45) is 0. The maximum atomic E-state index is 13.2. The predicted octanol–water partition coefficient (Wildman–Crippen LogP) is 3.18. The van der Waals surface area contributed by atoms with E-state index in [9.17, 15) is 14.7 Å². The zero-order chi connectivity index (χ0) is 24.8. The lowest BCUT2D eigenvalue weighted by Gasteiger charge is -2.26. The monoisotopic (exact) mass is 471 g/mol. The average molecular weight is 472 g/mol. The van der Waals surface area contributed by atoms with Crippen LogP contribution in [0.1, 0.15) is 24.1 Å². The number of rotatable bonds is 10. The molecule has 0 radical (unpaired) electrons. The Morgan fingerprint density at radius 3 is 2.26 bits per heavy atom. The van der Waals surface area contributed by atoms with Gasteiger partial charge in [0.1, 0.15) is 17.3 Å². The van der Waals surface area contributed by atoms with Crippen LogP contribution in [0, 0.1) is 0 Å². The molecule has 2 aromatic rings. The Bertz CT molecular complexity index is 1090. The van der Waals surface area contributed by atoms with E-state index in [1.807, 2.05) is 6.92 Å². The number of aliphatic hydroxyl groups is 1. The lowest BCUT2D eigenvalue weighted by atomic mass is 9.94. The molecular weight excluding hydrogens is 442 g/mol. The molecular formula is C25H29NO8. The molecule has 9 heteroatoms. The fraction of sp³-hybridized carbons (Fsp3) is 0.360. The van der Waals surface area contributed by atoms with Crippen molar-refractivity contribution in [3.63, 3.8) is 0 Å². The quantitative estimate of drug-likeness (QED) is 0.320. The van der Waals surface area contributed by atoms with Crippen LogP contribution in [0.15, 0.2) is 42.0 Å². The third kappa shape index (κ3) is 4.65. The van der Waals surface area contributed by atoms with E-state index in [1.54, 1.807) is 36.4 Å². The van der Waals surface area contributed by atoms with Crippen molar-refractivity contribution in [2.24, 2.45) is 0 Å². The van der Waals surface area contributed by atoms with Gasteiger partial charge in [-0.05, 0) is 42.8 Å². The Balaban J connectivity index is 2.25. The molecule has 0 spiro atoms. The normalized spacial score (nSPS) is 17.1. The molecule has 0 aliphatic carbocycles. The van der Waals surface area contributed by atoms with E-state index in [4.69, 9.17) is 23.7 Å². The van der Waals surface area contributed by atoms with Crippen molar-refractivity contribution in [3.8, 4) is 23.0 Å². The number of likely N-dealkylation sites (tertiary alicyclic amines) is 1. The number of ketones is 1. The van der Waals surface area contributed by atoms with E-state index >= 15 is 0 Å². The molecule has 2 aromatic carbocycles. The number of benzene rings is 2. The molecule has 1 fully saturated rings. The summed E-state index contributed by atoms with van der Waals surface area (Å²) >= 11 is 0. The Morgan fingerprint density at radius 1 is 0.941 bits per heavy atom. The number of aliphatic hydroxyl groups excluding tert-OH is 1. The number of carbonyl (C=O) groups is 2. The number of hydrogen-bond donors (Lipinski definition) is 1. The number of ether oxygens (including phenoxy) is 5. The Labute approximate surface area is 198 Å². The minimum absolute atomic E-state index is 0.0692. The Kier molecular flexibility index (Phi) is 8.01. The Hall–Kier alpha value is -3.72. The second-order valence-corrected chi connectivity index (χ2v) is 7.39. The molecule has 0 aromatic heterocycles. The fourth-order valence-electron chi connectivity index (χ4n) is 3.92. The largest absolute Gasteiger partial charge is 0.507 e. The van der Waals surface area contributed by atoms with Crippen LogP contribution in [-0.2, 0) is 14.3 Å². The number of hydrogen-bond acceptors (Lipinski definition) is 8. The van der Waals surface area contributed by atoms with E-state index in [2.05, 4.69) is 0 Å². The zero-order valence-corrected chi connectivity index (χ0v) is 19.9. The molecule has 1 saturated heterocycles. The van der Waals surface area contributed by atoms with Crippen molar-refractivity contribution in [2.75, 3.05) is 48.2 Å². The van der Waals surface area contributed by atoms with Gasteiger partial charge < -0.3 is 33.7 Å². The standard InChI is InChI=1S/C25H29NO8/c1-6-34-20-13-15(7-9-19(20)33-5)22-21(24(28)25(29)26(22)11-12-30-2)23(27)17-14-16(31-3)8-10-18(17)32-4/h7-10,13-14,22,27H,6,11-12H2,1-5H3/b23-21+. The van der Waals surface area contributed by atoms with Crippen LogP contribution in [-0.4, -0.2) is 69.9 Å². The van der Waals surface area contributed by atoms with Crippen LogP contribution in [0.4, 0.5) is 0 Å². The van der Waals surface area contributed by atoms with Crippen LogP contribution >= 0.6 is 0 Å². The van der Waals surface area contributed by atoms with Crippen LogP contribution in [0.3, 0.4) is 0 Å². The summed E-state index contributed by atoms with van der Waals surface area (Å²) in [6.45, 7) is 2.59. The molecule has 1 unspecified atom stereocenters. The van der Waals surface area contributed by atoms with Gasteiger partial charge in [-0.3, -0.25) is 9.59 Å². The first-order valence-corrected chi connectivity index (χ1v) is 10.7. The molecule has 0 saturated carbocycles. The third-order valence-electron chi connectivity index (χ3n) is 5.54. The molecule has 0 bridgehead atoms. The van der Waals surface area contributed by atoms with Gasteiger partial charge >= 0.3 is 0 Å². The molecule has 182 valence electrons. The van der Waals surface area contributed by atoms with Gasteiger partial charge in [0.05, 0.1) is 51.7 Å². The predicted molar refractivity (Wildman–Crippen MR) is 125 cm³/mol. The van der Waals surface area contributed by atoms with Crippen molar-refractivity contribution in [1.29, 1.82) is 0 Å². The highest BCUT2D eigenvalue weighted by molar-refractivity contribution is 6.46. The number of Topliss-reactive ketones (excluding diaryl/α,β-unsaturated/α-hetero) is 1. The van der Waals surface area contributed by atoms with Gasteiger partial charge in [-0.15, -0.1) is 0 Å². The molecule has 1 amide bonds. The van der Waals surface area contributed by atoms with Crippen molar-refractivity contribution < 1.29 is 38.4 Å². The van der Waals surface area contributed by atoms with Gasteiger partial charge in [-0.25, -0.2) is 0 Å². The molecule has 1 atom stereocenters. The second kappa shape index (κ2) is 10.9. The summed E-state index contributed by atoms with van der Waals surface area (Å²) in [5, 5.41) is 11.3. The lowest BCUT2D eigenvalue weighted by Crippen LogP contribution is -2.32. The summed E-state index contributed by atoms with van der Waals surface area (Å²) in [7, 11) is 5.97. The Morgan fingerprint density at radius 2 is 1.65 bits per heavy atom. The molecule has 3 rings (SSSR count). The van der Waals surface area contributed by atoms with Crippen molar-refractivity contribution in [3.05, 3.63) is 53.1 Å². The topological polar surface area (TPSA) is 104 Å². The van der Waals surface area contributed by atoms with Crippen molar-refractivity contribution in [2.45, 2.75) is 13.0 Å². The fourth-order valence-corrected chi connectivity index (χ4v) is 3.92. The minimum Gasteiger partial charge on any atom is -0.507 e. The SMILES string of the molecule is CCOc1cc(C2/C(=C(\O)c3cc(OC)ccc3OC)C(=O)C(=O)N2CCOC)ccc1OC. The number of carbonyl (C=O) groups excluding carboxylic acids is 2. The van der Waals surface area contributed by atoms with E-state index < -0.39 is 17.7 Å². The maximum absolute atomic E-state index is 13.2. The van der Waals surface area contributed by atoms with E-state index in [1.165, 1.54) is 33.3 Å². The van der Waals surface area contributed by atoms with Gasteiger partial charge in [0, 0.05) is 13.7 Å². The molecule has 1 heterocycles. The number of methoxy groups -OCH3 is 4. The summed E-state index contributed by atoms with van der Waals surface area (Å²) in [4.78, 5) is 27.6. The van der Waals surface area contributed by atoms with Gasteiger partial charge in [0.25, 0.3) is 11.7 Å².